The molecule has 0 amide bonds. The van der Waals surface area contributed by atoms with Gasteiger partial charge in [0.25, 0.3) is 0 Å². The second-order valence-electron chi connectivity index (χ2n) is 5.20. The molecule has 5 heteroatoms. The molecule has 0 N–H and O–H groups in total. The van der Waals surface area contributed by atoms with E-state index in [1.54, 1.807) is 30.3 Å². The van der Waals surface area contributed by atoms with E-state index in [0.29, 0.717) is 22.8 Å². The molecule has 0 atom stereocenters. The summed E-state index contributed by atoms with van der Waals surface area (Å²) in [5.41, 5.74) is 1.45. The highest BCUT2D eigenvalue weighted by molar-refractivity contribution is 6.06. The van der Waals surface area contributed by atoms with Crippen molar-refractivity contribution in [1.82, 2.24) is 0 Å². The van der Waals surface area contributed by atoms with Crippen molar-refractivity contribution in [2.75, 3.05) is 13.7 Å². The first kappa shape index (κ1) is 16.3. The molecule has 0 aliphatic rings. The van der Waals surface area contributed by atoms with Crippen molar-refractivity contribution in [2.24, 2.45) is 0 Å². The van der Waals surface area contributed by atoms with Crippen molar-refractivity contribution in [2.45, 2.75) is 0 Å². The number of fused-ring (bicyclic) bond motifs is 1. The predicted octanol–water partition coefficient (Wildman–Crippen LogP) is 4.24. The Balaban J connectivity index is 1.78. The van der Waals surface area contributed by atoms with Gasteiger partial charge in [0, 0.05) is 5.39 Å². The van der Waals surface area contributed by atoms with E-state index in [1.165, 1.54) is 13.2 Å². The standard InChI is InChI=1S/C20H15NO4/c1-23-20-12-14(7-9-18(20)24-11-10-21)6-8-16(22)19-13-15-4-2-3-5-17(15)25-19/h2-9,12-13H,11H2,1H3/b8-6+. The van der Waals surface area contributed by atoms with Gasteiger partial charge in [0.1, 0.15) is 11.7 Å². The van der Waals surface area contributed by atoms with Gasteiger partial charge >= 0.3 is 0 Å². The number of furan rings is 1. The SMILES string of the molecule is COc1cc(/C=C/C(=O)c2cc3ccccc3o2)ccc1OCC#N. The third kappa shape index (κ3) is 3.70. The van der Waals surface area contributed by atoms with E-state index in [1.807, 2.05) is 30.3 Å². The number of hydrogen-bond acceptors (Lipinski definition) is 5. The maximum Gasteiger partial charge on any atom is 0.221 e. The molecule has 0 aliphatic carbocycles. The molecule has 1 aromatic heterocycles. The number of ketones is 1. The van der Waals surface area contributed by atoms with Crippen molar-refractivity contribution in [3.63, 3.8) is 0 Å². The van der Waals surface area contributed by atoms with E-state index in [2.05, 4.69) is 0 Å². The largest absolute Gasteiger partial charge is 0.493 e. The Hall–Kier alpha value is -3.52. The zero-order valence-corrected chi connectivity index (χ0v) is 13.6. The second kappa shape index (κ2) is 7.37. The molecular weight excluding hydrogens is 318 g/mol. The van der Waals surface area contributed by atoms with Gasteiger partial charge in [-0.1, -0.05) is 30.3 Å². The van der Waals surface area contributed by atoms with Gasteiger partial charge in [0.2, 0.25) is 5.78 Å². The van der Waals surface area contributed by atoms with E-state index in [0.717, 1.165) is 10.9 Å². The highest BCUT2D eigenvalue weighted by Crippen LogP contribution is 2.28. The van der Waals surface area contributed by atoms with Crippen molar-refractivity contribution < 1.29 is 18.7 Å². The van der Waals surface area contributed by atoms with E-state index in [9.17, 15) is 4.79 Å². The zero-order chi connectivity index (χ0) is 17.6. The monoisotopic (exact) mass is 333 g/mol. The molecule has 0 radical (unpaired) electrons. The normalized spacial score (nSPS) is 10.7. The van der Waals surface area contributed by atoms with Gasteiger partial charge < -0.3 is 13.9 Å². The fourth-order valence-corrected chi connectivity index (χ4v) is 2.37. The molecule has 0 unspecified atom stereocenters. The summed E-state index contributed by atoms with van der Waals surface area (Å²) in [6, 6.07) is 16.3. The lowest BCUT2D eigenvalue weighted by atomic mass is 10.1. The molecule has 0 saturated carbocycles. The summed E-state index contributed by atoms with van der Waals surface area (Å²) in [5, 5.41) is 9.47. The molecule has 3 rings (SSSR count). The topological polar surface area (TPSA) is 72.5 Å². The number of hydrogen-bond donors (Lipinski definition) is 0. The summed E-state index contributed by atoms with van der Waals surface area (Å²) in [6.45, 7) is -0.0594. The Morgan fingerprint density at radius 3 is 2.80 bits per heavy atom. The van der Waals surface area contributed by atoms with Crippen molar-refractivity contribution in [3.05, 3.63) is 65.9 Å². The van der Waals surface area contributed by atoms with Crippen LogP contribution in [0.5, 0.6) is 11.5 Å². The van der Waals surface area contributed by atoms with Gasteiger partial charge in [0.05, 0.1) is 7.11 Å². The van der Waals surface area contributed by atoms with Crippen LogP contribution in [0.25, 0.3) is 17.0 Å². The molecule has 1 heterocycles. The van der Waals surface area contributed by atoms with Gasteiger partial charge in [-0.3, -0.25) is 4.79 Å². The molecule has 2 aromatic carbocycles. The first-order valence-corrected chi connectivity index (χ1v) is 7.60. The van der Waals surface area contributed by atoms with Crippen LogP contribution >= 0.6 is 0 Å². The number of rotatable bonds is 6. The summed E-state index contributed by atoms with van der Waals surface area (Å²) < 4.78 is 16.1. The highest BCUT2D eigenvalue weighted by atomic mass is 16.5. The van der Waals surface area contributed by atoms with Crippen LogP contribution in [0.15, 0.2) is 59.0 Å². The van der Waals surface area contributed by atoms with Crippen LogP contribution in [0, 0.1) is 11.3 Å². The average molecular weight is 333 g/mol. The van der Waals surface area contributed by atoms with Crippen LogP contribution in [0.4, 0.5) is 0 Å². The maximum atomic E-state index is 12.3. The van der Waals surface area contributed by atoms with Crippen LogP contribution in [0.2, 0.25) is 0 Å². The molecule has 0 saturated heterocycles. The highest BCUT2D eigenvalue weighted by Gasteiger charge is 2.09. The zero-order valence-electron chi connectivity index (χ0n) is 13.6. The molecule has 0 fully saturated rings. The van der Waals surface area contributed by atoms with Gasteiger partial charge in [-0.05, 0) is 35.9 Å². The smallest absolute Gasteiger partial charge is 0.221 e. The fraction of sp³-hybridized carbons (Fsp3) is 0.100. The Bertz CT molecular complexity index is 946. The summed E-state index contributed by atoms with van der Waals surface area (Å²) >= 11 is 0. The molecule has 3 aromatic rings. The minimum atomic E-state index is -0.222. The predicted molar refractivity (Wildman–Crippen MR) is 93.7 cm³/mol. The van der Waals surface area contributed by atoms with Crippen LogP contribution in [-0.4, -0.2) is 19.5 Å². The lowest BCUT2D eigenvalue weighted by Gasteiger charge is -2.08. The van der Waals surface area contributed by atoms with Crippen LogP contribution in [-0.2, 0) is 0 Å². The van der Waals surface area contributed by atoms with Crippen LogP contribution < -0.4 is 9.47 Å². The Morgan fingerprint density at radius 2 is 2.04 bits per heavy atom. The number of para-hydroxylation sites is 1. The third-order valence-electron chi connectivity index (χ3n) is 3.58. The van der Waals surface area contributed by atoms with Crippen LogP contribution in [0.3, 0.4) is 0 Å². The van der Waals surface area contributed by atoms with E-state index < -0.39 is 0 Å². The molecule has 0 aliphatic heterocycles. The number of ether oxygens (including phenoxy) is 2. The minimum absolute atomic E-state index is 0.0594. The summed E-state index contributed by atoms with van der Waals surface area (Å²) in [6.07, 6.45) is 3.12. The van der Waals surface area contributed by atoms with E-state index in [4.69, 9.17) is 19.2 Å². The van der Waals surface area contributed by atoms with Crippen LogP contribution in [0.1, 0.15) is 16.1 Å². The molecule has 0 spiro atoms. The Kier molecular flexibility index (Phi) is 4.82. The van der Waals surface area contributed by atoms with Crippen molar-refractivity contribution in [1.29, 1.82) is 5.26 Å². The summed E-state index contributed by atoms with van der Waals surface area (Å²) in [5.74, 6) is 1.04. The van der Waals surface area contributed by atoms with E-state index >= 15 is 0 Å². The maximum absolute atomic E-state index is 12.3. The van der Waals surface area contributed by atoms with Crippen molar-refractivity contribution >= 4 is 22.8 Å². The molecule has 0 bridgehead atoms. The van der Waals surface area contributed by atoms with Crippen molar-refractivity contribution in [3.8, 4) is 17.6 Å². The lowest BCUT2D eigenvalue weighted by molar-refractivity contribution is 0.102. The molecular formula is C20H15NO4. The lowest BCUT2D eigenvalue weighted by Crippen LogP contribution is -1.97. The number of nitriles is 1. The molecule has 124 valence electrons. The Labute approximate surface area is 144 Å². The number of allylic oxidation sites excluding steroid dienone is 1. The number of benzene rings is 2. The number of carbonyl (C=O) groups is 1. The van der Waals surface area contributed by atoms with Gasteiger partial charge in [-0.25, -0.2) is 0 Å². The summed E-state index contributed by atoms with van der Waals surface area (Å²) in [7, 11) is 1.52. The number of carbonyl (C=O) groups excluding carboxylic acids is 1. The number of methoxy groups -OCH3 is 1. The number of nitrogens with zero attached hydrogens (tertiary/aromatic N) is 1. The minimum Gasteiger partial charge on any atom is -0.493 e. The molecule has 5 nitrogen and oxygen atoms in total. The van der Waals surface area contributed by atoms with E-state index in [-0.39, 0.29) is 12.4 Å². The summed E-state index contributed by atoms with van der Waals surface area (Å²) in [4.78, 5) is 12.3. The third-order valence-corrected chi connectivity index (χ3v) is 3.58. The molecule has 25 heavy (non-hydrogen) atoms. The second-order valence-corrected chi connectivity index (χ2v) is 5.20. The quantitative estimate of drug-likeness (QED) is 0.498. The first-order chi connectivity index (χ1) is 12.2. The Morgan fingerprint density at radius 1 is 1.20 bits per heavy atom. The average Bonchev–Trinajstić information content (AvgIpc) is 3.09. The van der Waals surface area contributed by atoms with Gasteiger partial charge in [-0.15, -0.1) is 0 Å². The first-order valence-electron chi connectivity index (χ1n) is 7.60. The van der Waals surface area contributed by atoms with Gasteiger partial charge in [0.15, 0.2) is 23.9 Å². The fourth-order valence-electron chi connectivity index (χ4n) is 2.37. The van der Waals surface area contributed by atoms with Gasteiger partial charge in [-0.2, -0.15) is 5.26 Å².